The van der Waals surface area contributed by atoms with Gasteiger partial charge in [-0.2, -0.15) is 0 Å². The van der Waals surface area contributed by atoms with Gasteiger partial charge in [-0.05, 0) is 31.2 Å². The van der Waals surface area contributed by atoms with E-state index in [9.17, 15) is 4.79 Å². The molecule has 0 fully saturated rings. The molecular formula is C17H15ClN2O2. The third-order valence-corrected chi connectivity index (χ3v) is 3.83. The Labute approximate surface area is 133 Å². The van der Waals surface area contributed by atoms with Gasteiger partial charge in [-0.3, -0.25) is 4.79 Å². The molecule has 2 aromatic carbocycles. The van der Waals surface area contributed by atoms with Crippen LogP contribution in [0.25, 0.3) is 10.9 Å². The number of para-hydroxylation sites is 1. The summed E-state index contributed by atoms with van der Waals surface area (Å²) in [4.78, 5) is 15.8. The quantitative estimate of drug-likeness (QED) is 0.753. The van der Waals surface area contributed by atoms with Gasteiger partial charge in [-0.1, -0.05) is 29.8 Å². The normalized spacial score (nSPS) is 10.7. The molecule has 112 valence electrons. The molecule has 0 saturated carbocycles. The number of hydrogen-bond acceptors (Lipinski definition) is 2. The number of carbonyl (C=O) groups is 1. The lowest BCUT2D eigenvalue weighted by molar-refractivity contribution is 0.102. The van der Waals surface area contributed by atoms with Gasteiger partial charge in [0.1, 0.15) is 5.75 Å². The van der Waals surface area contributed by atoms with Crippen LogP contribution in [-0.4, -0.2) is 18.0 Å². The maximum absolute atomic E-state index is 12.6. The summed E-state index contributed by atoms with van der Waals surface area (Å²) >= 11 is 6.08. The molecule has 3 aromatic rings. The number of methoxy groups -OCH3 is 1. The second-order valence-corrected chi connectivity index (χ2v) is 5.38. The van der Waals surface area contributed by atoms with E-state index in [1.807, 2.05) is 31.2 Å². The van der Waals surface area contributed by atoms with Gasteiger partial charge in [0, 0.05) is 22.3 Å². The Morgan fingerprint density at radius 1 is 1.23 bits per heavy atom. The molecule has 0 unspecified atom stereocenters. The zero-order valence-electron chi connectivity index (χ0n) is 12.2. The fourth-order valence-corrected chi connectivity index (χ4v) is 2.76. The minimum Gasteiger partial charge on any atom is -0.495 e. The molecule has 1 heterocycles. The molecule has 3 rings (SSSR count). The van der Waals surface area contributed by atoms with E-state index in [1.165, 1.54) is 0 Å². The van der Waals surface area contributed by atoms with Gasteiger partial charge in [0.05, 0.1) is 17.7 Å². The number of aromatic amines is 1. The van der Waals surface area contributed by atoms with E-state index < -0.39 is 0 Å². The van der Waals surface area contributed by atoms with Crippen molar-refractivity contribution in [3.8, 4) is 5.75 Å². The number of hydrogen-bond donors (Lipinski definition) is 2. The van der Waals surface area contributed by atoms with Crippen LogP contribution in [0.1, 0.15) is 16.1 Å². The number of aromatic nitrogens is 1. The molecule has 1 aromatic heterocycles. The molecule has 0 aliphatic rings. The van der Waals surface area contributed by atoms with Crippen molar-refractivity contribution in [1.82, 2.24) is 4.98 Å². The number of rotatable bonds is 3. The summed E-state index contributed by atoms with van der Waals surface area (Å²) in [6, 6.07) is 12.9. The Balaban J connectivity index is 1.93. The van der Waals surface area contributed by atoms with Crippen LogP contribution >= 0.6 is 11.6 Å². The van der Waals surface area contributed by atoms with Gasteiger partial charge >= 0.3 is 0 Å². The second-order valence-electron chi connectivity index (χ2n) is 4.97. The number of nitrogens with one attached hydrogen (secondary N) is 2. The largest absolute Gasteiger partial charge is 0.495 e. The molecule has 22 heavy (non-hydrogen) atoms. The number of H-pyrrole nitrogens is 1. The first-order valence-corrected chi connectivity index (χ1v) is 7.20. The van der Waals surface area contributed by atoms with Gasteiger partial charge in [0.25, 0.3) is 5.91 Å². The van der Waals surface area contributed by atoms with E-state index in [-0.39, 0.29) is 5.91 Å². The van der Waals surface area contributed by atoms with Crippen LogP contribution in [0.15, 0.2) is 42.5 Å². The summed E-state index contributed by atoms with van der Waals surface area (Å²) in [6.45, 7) is 1.88. The minimum atomic E-state index is -0.170. The average Bonchev–Trinajstić information content (AvgIpc) is 2.83. The number of ether oxygens (including phenoxy) is 1. The summed E-state index contributed by atoms with van der Waals surface area (Å²) in [6.07, 6.45) is 0. The van der Waals surface area contributed by atoms with E-state index in [2.05, 4.69) is 10.3 Å². The molecule has 0 aliphatic heterocycles. The predicted molar refractivity (Wildman–Crippen MR) is 89.0 cm³/mol. The fourth-order valence-electron chi connectivity index (χ4n) is 2.51. The van der Waals surface area contributed by atoms with Crippen molar-refractivity contribution in [3.63, 3.8) is 0 Å². The third kappa shape index (κ3) is 2.53. The molecule has 0 radical (unpaired) electrons. The lowest BCUT2D eigenvalue weighted by Crippen LogP contribution is -2.12. The van der Waals surface area contributed by atoms with Crippen LogP contribution in [0.5, 0.6) is 5.75 Å². The van der Waals surface area contributed by atoms with Crippen LogP contribution in [0.3, 0.4) is 0 Å². The number of aryl methyl sites for hydroxylation is 1. The zero-order valence-corrected chi connectivity index (χ0v) is 13.0. The lowest BCUT2D eigenvalue weighted by Gasteiger charge is -2.08. The zero-order chi connectivity index (χ0) is 15.7. The Morgan fingerprint density at radius 3 is 2.73 bits per heavy atom. The Hall–Kier alpha value is -2.46. The standard InChI is InChI=1S/C17H15ClN2O2/c1-10-16(12-5-3-4-6-14(12)19-10)17(21)20-11-7-8-15(22-2)13(18)9-11/h3-9,19H,1-2H3,(H,20,21). The molecule has 5 heteroatoms. The number of halogens is 1. The van der Waals surface area contributed by atoms with E-state index in [4.69, 9.17) is 16.3 Å². The third-order valence-electron chi connectivity index (χ3n) is 3.53. The Morgan fingerprint density at radius 2 is 2.00 bits per heavy atom. The maximum atomic E-state index is 12.6. The number of fused-ring (bicyclic) bond motifs is 1. The van der Waals surface area contributed by atoms with Gasteiger partial charge in [-0.15, -0.1) is 0 Å². The lowest BCUT2D eigenvalue weighted by atomic mass is 10.1. The van der Waals surface area contributed by atoms with Crippen molar-refractivity contribution in [2.75, 3.05) is 12.4 Å². The van der Waals surface area contributed by atoms with E-state index in [0.29, 0.717) is 22.0 Å². The van der Waals surface area contributed by atoms with Crippen molar-refractivity contribution in [2.24, 2.45) is 0 Å². The first-order valence-electron chi connectivity index (χ1n) is 6.82. The van der Waals surface area contributed by atoms with Crippen molar-refractivity contribution >= 4 is 34.1 Å². The smallest absolute Gasteiger partial charge is 0.258 e. The summed E-state index contributed by atoms with van der Waals surface area (Å²) in [5.41, 5.74) is 3.04. The molecule has 0 atom stereocenters. The molecule has 0 aliphatic carbocycles. The molecule has 0 bridgehead atoms. The van der Waals surface area contributed by atoms with Gasteiger partial charge in [-0.25, -0.2) is 0 Å². The van der Waals surface area contributed by atoms with Crippen LogP contribution in [-0.2, 0) is 0 Å². The van der Waals surface area contributed by atoms with Gasteiger partial charge < -0.3 is 15.0 Å². The highest BCUT2D eigenvalue weighted by Crippen LogP contribution is 2.28. The van der Waals surface area contributed by atoms with Crippen LogP contribution in [0.2, 0.25) is 5.02 Å². The Kier molecular flexibility index (Phi) is 3.77. The van der Waals surface area contributed by atoms with Crippen LogP contribution in [0, 0.1) is 6.92 Å². The Bertz CT molecular complexity index is 855. The molecule has 0 saturated heterocycles. The predicted octanol–water partition coefficient (Wildman–Crippen LogP) is 4.39. The van der Waals surface area contributed by atoms with Gasteiger partial charge in [0.2, 0.25) is 0 Å². The van der Waals surface area contributed by atoms with Gasteiger partial charge in [0.15, 0.2) is 0 Å². The molecule has 2 N–H and O–H groups in total. The van der Waals surface area contributed by atoms with Crippen molar-refractivity contribution < 1.29 is 9.53 Å². The first kappa shape index (κ1) is 14.5. The highest BCUT2D eigenvalue weighted by Gasteiger charge is 2.16. The van der Waals surface area contributed by atoms with Crippen molar-refractivity contribution in [1.29, 1.82) is 0 Å². The number of amides is 1. The second kappa shape index (κ2) is 5.73. The fraction of sp³-hybridized carbons (Fsp3) is 0.118. The van der Waals surface area contributed by atoms with Crippen LogP contribution < -0.4 is 10.1 Å². The number of carbonyl (C=O) groups excluding carboxylic acids is 1. The monoisotopic (exact) mass is 314 g/mol. The van der Waals surface area contributed by atoms with Crippen LogP contribution in [0.4, 0.5) is 5.69 Å². The van der Waals surface area contributed by atoms with Crippen molar-refractivity contribution in [2.45, 2.75) is 6.92 Å². The molecular weight excluding hydrogens is 300 g/mol. The summed E-state index contributed by atoms with van der Waals surface area (Å²) < 4.78 is 5.10. The minimum absolute atomic E-state index is 0.170. The average molecular weight is 315 g/mol. The molecule has 4 nitrogen and oxygen atoms in total. The number of anilines is 1. The summed E-state index contributed by atoms with van der Waals surface area (Å²) in [5.74, 6) is 0.402. The van der Waals surface area contributed by atoms with Crippen molar-refractivity contribution in [3.05, 3.63) is 58.7 Å². The van der Waals surface area contributed by atoms with E-state index >= 15 is 0 Å². The molecule has 1 amide bonds. The summed E-state index contributed by atoms with van der Waals surface area (Å²) in [7, 11) is 1.55. The SMILES string of the molecule is COc1ccc(NC(=O)c2c(C)[nH]c3ccccc23)cc1Cl. The molecule has 0 spiro atoms. The van der Waals surface area contributed by atoms with E-state index in [0.717, 1.165) is 16.6 Å². The summed E-state index contributed by atoms with van der Waals surface area (Å²) in [5, 5.41) is 4.23. The highest BCUT2D eigenvalue weighted by atomic mass is 35.5. The number of benzene rings is 2. The highest BCUT2D eigenvalue weighted by molar-refractivity contribution is 6.32. The topological polar surface area (TPSA) is 54.1 Å². The maximum Gasteiger partial charge on any atom is 0.258 e. The first-order chi connectivity index (χ1) is 10.6. The van der Waals surface area contributed by atoms with E-state index in [1.54, 1.807) is 25.3 Å².